The van der Waals surface area contributed by atoms with E-state index in [0.29, 0.717) is 23.6 Å². The first-order valence-corrected chi connectivity index (χ1v) is 6.73. The maximum atomic E-state index is 12.3. The zero-order valence-corrected chi connectivity index (χ0v) is 12.0. The molecule has 6 nitrogen and oxygen atoms in total. The van der Waals surface area contributed by atoms with Crippen LogP contribution in [0.2, 0.25) is 0 Å². The summed E-state index contributed by atoms with van der Waals surface area (Å²) < 4.78 is 2.87. The summed E-state index contributed by atoms with van der Waals surface area (Å²) in [5.41, 5.74) is 1.95. The van der Waals surface area contributed by atoms with Crippen LogP contribution in [0.15, 0.2) is 53.5 Å². The van der Waals surface area contributed by atoms with Crippen LogP contribution >= 0.6 is 0 Å². The maximum absolute atomic E-state index is 12.3. The van der Waals surface area contributed by atoms with Crippen LogP contribution in [0.3, 0.4) is 0 Å². The van der Waals surface area contributed by atoms with E-state index in [9.17, 15) is 4.79 Å². The fraction of sp³-hybridized carbons (Fsp3) is 0.125. The normalized spacial score (nSPS) is 10.4. The summed E-state index contributed by atoms with van der Waals surface area (Å²) in [4.78, 5) is 16.5. The van der Waals surface area contributed by atoms with Crippen LogP contribution in [0.5, 0.6) is 0 Å². The van der Waals surface area contributed by atoms with Crippen molar-refractivity contribution in [3.63, 3.8) is 0 Å². The molecule has 0 spiro atoms. The molecule has 0 atom stereocenters. The Hall–Kier alpha value is -3.20. The van der Waals surface area contributed by atoms with E-state index in [1.165, 1.54) is 9.25 Å². The number of nitrogens with zero attached hydrogens (tertiary/aromatic N) is 5. The van der Waals surface area contributed by atoms with Crippen molar-refractivity contribution in [2.24, 2.45) is 7.05 Å². The average molecular weight is 291 g/mol. The number of aromatic nitrogens is 4. The van der Waals surface area contributed by atoms with E-state index >= 15 is 0 Å². The molecule has 0 unspecified atom stereocenters. The molecule has 3 rings (SSSR count). The van der Waals surface area contributed by atoms with Crippen LogP contribution in [0.1, 0.15) is 11.1 Å². The highest BCUT2D eigenvalue weighted by Crippen LogP contribution is 2.11. The highest BCUT2D eigenvalue weighted by atomic mass is 16.2. The van der Waals surface area contributed by atoms with Gasteiger partial charge in [-0.3, -0.25) is 9.55 Å². The van der Waals surface area contributed by atoms with Gasteiger partial charge in [-0.2, -0.15) is 5.26 Å². The first kappa shape index (κ1) is 13.8. The van der Waals surface area contributed by atoms with E-state index in [0.717, 1.165) is 5.56 Å². The van der Waals surface area contributed by atoms with Gasteiger partial charge in [-0.15, -0.1) is 5.10 Å². The van der Waals surface area contributed by atoms with Crippen LogP contribution in [0, 0.1) is 11.3 Å². The van der Waals surface area contributed by atoms with Crippen molar-refractivity contribution in [3.05, 3.63) is 70.3 Å². The molecule has 0 aliphatic heterocycles. The number of benzene rings is 1. The maximum Gasteiger partial charge on any atom is 0.346 e. The minimum atomic E-state index is -0.204. The summed E-state index contributed by atoms with van der Waals surface area (Å²) in [5.74, 6) is 0.527. The van der Waals surface area contributed by atoms with Crippen LogP contribution in [0.25, 0.3) is 11.5 Å². The zero-order valence-electron chi connectivity index (χ0n) is 12.0. The minimum absolute atomic E-state index is 0.204. The lowest BCUT2D eigenvalue weighted by Crippen LogP contribution is -2.23. The lowest BCUT2D eigenvalue weighted by atomic mass is 10.1. The molecule has 0 saturated heterocycles. The van der Waals surface area contributed by atoms with Gasteiger partial charge in [0, 0.05) is 13.2 Å². The summed E-state index contributed by atoms with van der Waals surface area (Å²) in [6, 6.07) is 14.6. The molecule has 108 valence electrons. The molecule has 22 heavy (non-hydrogen) atoms. The number of rotatable bonds is 3. The number of nitriles is 1. The molecule has 0 saturated carbocycles. The van der Waals surface area contributed by atoms with Gasteiger partial charge in [-0.1, -0.05) is 18.2 Å². The van der Waals surface area contributed by atoms with Gasteiger partial charge in [0.15, 0.2) is 5.82 Å². The molecule has 1 aromatic carbocycles. The summed E-state index contributed by atoms with van der Waals surface area (Å²) in [5, 5.41) is 13.2. The largest absolute Gasteiger partial charge is 0.346 e. The van der Waals surface area contributed by atoms with Crippen molar-refractivity contribution in [2.45, 2.75) is 6.54 Å². The van der Waals surface area contributed by atoms with E-state index < -0.39 is 0 Å². The molecular formula is C16H13N5O. The van der Waals surface area contributed by atoms with Gasteiger partial charge in [0.25, 0.3) is 0 Å². The lowest BCUT2D eigenvalue weighted by Gasteiger charge is -2.00. The number of hydrogen-bond acceptors (Lipinski definition) is 4. The van der Waals surface area contributed by atoms with Crippen molar-refractivity contribution >= 4 is 0 Å². The van der Waals surface area contributed by atoms with Gasteiger partial charge in [-0.25, -0.2) is 9.48 Å². The Morgan fingerprint density at radius 2 is 1.95 bits per heavy atom. The predicted molar refractivity (Wildman–Crippen MR) is 81.0 cm³/mol. The average Bonchev–Trinajstić information content (AvgIpc) is 2.85. The second-order valence-corrected chi connectivity index (χ2v) is 4.85. The molecule has 0 bridgehead atoms. The molecule has 6 heteroatoms. The van der Waals surface area contributed by atoms with E-state index in [1.807, 2.05) is 30.3 Å². The van der Waals surface area contributed by atoms with Crippen molar-refractivity contribution in [1.82, 2.24) is 19.3 Å². The number of pyridine rings is 1. The third-order valence-corrected chi connectivity index (χ3v) is 3.35. The summed E-state index contributed by atoms with van der Waals surface area (Å²) in [7, 11) is 1.68. The van der Waals surface area contributed by atoms with Crippen LogP contribution in [0.4, 0.5) is 0 Å². The fourth-order valence-electron chi connectivity index (χ4n) is 2.17. The van der Waals surface area contributed by atoms with Crippen LogP contribution in [-0.4, -0.2) is 19.3 Å². The van der Waals surface area contributed by atoms with Crippen LogP contribution < -0.4 is 5.69 Å². The molecule has 0 radical (unpaired) electrons. The lowest BCUT2D eigenvalue weighted by molar-refractivity contribution is 0.647. The summed E-state index contributed by atoms with van der Waals surface area (Å²) in [6.45, 7) is 0.352. The summed E-state index contributed by atoms with van der Waals surface area (Å²) in [6.07, 6.45) is 1.67. The third kappa shape index (κ3) is 2.52. The second kappa shape index (κ2) is 5.66. The Kier molecular flexibility index (Phi) is 3.54. The van der Waals surface area contributed by atoms with Crippen LogP contribution in [-0.2, 0) is 13.6 Å². The van der Waals surface area contributed by atoms with Gasteiger partial charge in [0.2, 0.25) is 0 Å². The topological polar surface area (TPSA) is 76.5 Å². The molecule has 0 amide bonds. The Bertz CT molecular complexity index is 885. The SMILES string of the molecule is Cn1c(-c2ccccn2)nn(Cc2ccc(C#N)cc2)c1=O. The Morgan fingerprint density at radius 3 is 2.59 bits per heavy atom. The van der Waals surface area contributed by atoms with Gasteiger partial charge in [0.1, 0.15) is 5.69 Å². The first-order valence-electron chi connectivity index (χ1n) is 6.73. The molecule has 0 N–H and O–H groups in total. The Balaban J connectivity index is 1.95. The second-order valence-electron chi connectivity index (χ2n) is 4.85. The molecule has 3 aromatic rings. The van der Waals surface area contributed by atoms with E-state index in [1.54, 1.807) is 25.4 Å². The van der Waals surface area contributed by atoms with Gasteiger partial charge < -0.3 is 0 Å². The first-order chi connectivity index (χ1) is 10.7. The molecule has 0 fully saturated rings. The van der Waals surface area contributed by atoms with E-state index in [4.69, 9.17) is 5.26 Å². The van der Waals surface area contributed by atoms with Crippen molar-refractivity contribution < 1.29 is 0 Å². The van der Waals surface area contributed by atoms with Gasteiger partial charge in [0.05, 0.1) is 18.2 Å². The number of hydrogen-bond donors (Lipinski definition) is 0. The molecule has 0 aliphatic rings. The molecular weight excluding hydrogens is 278 g/mol. The molecule has 0 aliphatic carbocycles. The van der Waals surface area contributed by atoms with Gasteiger partial charge in [-0.05, 0) is 29.8 Å². The van der Waals surface area contributed by atoms with Gasteiger partial charge >= 0.3 is 5.69 Å². The van der Waals surface area contributed by atoms with E-state index in [2.05, 4.69) is 16.2 Å². The predicted octanol–water partition coefficient (Wildman–Crippen LogP) is 1.56. The monoisotopic (exact) mass is 291 g/mol. The minimum Gasteiger partial charge on any atom is -0.277 e. The molecule has 2 heterocycles. The van der Waals surface area contributed by atoms with Crippen molar-refractivity contribution in [2.75, 3.05) is 0 Å². The third-order valence-electron chi connectivity index (χ3n) is 3.35. The summed E-state index contributed by atoms with van der Waals surface area (Å²) >= 11 is 0. The standard InChI is InChI=1S/C16H13N5O/c1-20-15(14-4-2-3-9-18-14)19-21(16(20)22)11-13-7-5-12(10-17)6-8-13/h2-9H,11H2,1H3. The van der Waals surface area contributed by atoms with Crippen molar-refractivity contribution in [3.8, 4) is 17.6 Å². The highest BCUT2D eigenvalue weighted by molar-refractivity contribution is 5.48. The van der Waals surface area contributed by atoms with E-state index in [-0.39, 0.29) is 5.69 Å². The quantitative estimate of drug-likeness (QED) is 0.734. The molecule has 2 aromatic heterocycles. The Labute approximate surface area is 126 Å². The highest BCUT2D eigenvalue weighted by Gasteiger charge is 2.13. The smallest absolute Gasteiger partial charge is 0.277 e. The fourth-order valence-corrected chi connectivity index (χ4v) is 2.17. The zero-order chi connectivity index (χ0) is 15.5. The Morgan fingerprint density at radius 1 is 1.18 bits per heavy atom. The van der Waals surface area contributed by atoms with Crippen molar-refractivity contribution in [1.29, 1.82) is 5.26 Å².